The Morgan fingerprint density at radius 1 is 1.10 bits per heavy atom. The Morgan fingerprint density at radius 2 is 1.74 bits per heavy atom. The Balaban J connectivity index is 1.69. The molecule has 6 nitrogen and oxygen atoms in total. The zero-order valence-corrected chi connectivity index (χ0v) is 20.0. The van der Waals surface area contributed by atoms with Gasteiger partial charge < -0.3 is 10.2 Å². The standard InChI is InChI=1S/C22H27Cl2N3O3S/c1-16(27(31(2,29)30)21-14-18(23)8-11-20(21)24)22(28)25-15-17-6-9-19(10-7-17)26-12-4-3-5-13-26/h6-11,14,16H,3-5,12-13,15H2,1-2H3,(H,25,28). The van der Waals surface area contributed by atoms with Crippen LogP contribution in [0.3, 0.4) is 0 Å². The van der Waals surface area contributed by atoms with E-state index < -0.39 is 22.0 Å². The van der Waals surface area contributed by atoms with Crippen LogP contribution in [0.2, 0.25) is 10.0 Å². The molecular formula is C22H27Cl2N3O3S. The highest BCUT2D eigenvalue weighted by Crippen LogP contribution is 2.32. The first-order valence-electron chi connectivity index (χ1n) is 10.2. The highest BCUT2D eigenvalue weighted by molar-refractivity contribution is 7.92. The summed E-state index contributed by atoms with van der Waals surface area (Å²) in [5.74, 6) is -0.429. The third-order valence-electron chi connectivity index (χ3n) is 5.36. The third-order valence-corrected chi connectivity index (χ3v) is 7.14. The van der Waals surface area contributed by atoms with Crippen molar-refractivity contribution in [1.82, 2.24) is 5.32 Å². The lowest BCUT2D eigenvalue weighted by molar-refractivity contribution is -0.122. The molecule has 0 aromatic heterocycles. The van der Waals surface area contributed by atoms with E-state index in [4.69, 9.17) is 23.2 Å². The SMILES string of the molecule is CC(C(=O)NCc1ccc(N2CCCCC2)cc1)N(c1cc(Cl)ccc1Cl)S(C)(=O)=O. The largest absolute Gasteiger partial charge is 0.372 e. The van der Waals surface area contributed by atoms with Gasteiger partial charge in [-0.15, -0.1) is 0 Å². The lowest BCUT2D eigenvalue weighted by Crippen LogP contribution is -2.47. The fourth-order valence-corrected chi connectivity index (χ4v) is 5.35. The van der Waals surface area contributed by atoms with Gasteiger partial charge in [0.2, 0.25) is 15.9 Å². The molecule has 3 rings (SSSR count). The number of rotatable bonds is 7. The summed E-state index contributed by atoms with van der Waals surface area (Å²) in [5, 5.41) is 3.34. The van der Waals surface area contributed by atoms with Crippen LogP contribution in [0.4, 0.5) is 11.4 Å². The van der Waals surface area contributed by atoms with Crippen molar-refractivity contribution >= 4 is 50.5 Å². The molecule has 1 fully saturated rings. The average Bonchev–Trinajstić information content (AvgIpc) is 2.74. The Hall–Kier alpha value is -1.96. The number of amides is 1. The summed E-state index contributed by atoms with van der Waals surface area (Å²) in [7, 11) is -3.78. The number of carbonyl (C=O) groups excluding carboxylic acids is 1. The molecule has 0 spiro atoms. The predicted octanol–water partition coefficient (Wildman–Crippen LogP) is 4.45. The number of carbonyl (C=O) groups is 1. The van der Waals surface area contributed by atoms with E-state index in [1.165, 1.54) is 44.0 Å². The Morgan fingerprint density at radius 3 is 2.35 bits per heavy atom. The van der Waals surface area contributed by atoms with Crippen molar-refractivity contribution in [3.63, 3.8) is 0 Å². The fraction of sp³-hybridized carbons (Fsp3) is 0.409. The highest BCUT2D eigenvalue weighted by atomic mass is 35.5. The molecule has 0 bridgehead atoms. The summed E-state index contributed by atoms with van der Waals surface area (Å²) >= 11 is 12.2. The van der Waals surface area contributed by atoms with E-state index in [1.54, 1.807) is 6.07 Å². The average molecular weight is 484 g/mol. The summed E-state index contributed by atoms with van der Waals surface area (Å²) in [5.41, 5.74) is 2.29. The third kappa shape index (κ3) is 6.05. The summed E-state index contributed by atoms with van der Waals surface area (Å²) in [6, 6.07) is 11.6. The lowest BCUT2D eigenvalue weighted by Gasteiger charge is -2.29. The van der Waals surface area contributed by atoms with Crippen LogP contribution in [0.25, 0.3) is 0 Å². The van der Waals surface area contributed by atoms with Gasteiger partial charge in [0.15, 0.2) is 0 Å². The summed E-state index contributed by atoms with van der Waals surface area (Å²) in [4.78, 5) is 15.2. The minimum absolute atomic E-state index is 0.171. The van der Waals surface area contributed by atoms with Crippen LogP contribution in [0.5, 0.6) is 0 Å². The predicted molar refractivity (Wildman–Crippen MR) is 128 cm³/mol. The summed E-state index contributed by atoms with van der Waals surface area (Å²) in [6.45, 7) is 3.96. The van der Waals surface area contributed by atoms with Crippen molar-refractivity contribution in [3.05, 3.63) is 58.1 Å². The molecule has 1 heterocycles. The first-order valence-corrected chi connectivity index (χ1v) is 12.8. The molecule has 1 aliphatic rings. The first-order chi connectivity index (χ1) is 14.7. The summed E-state index contributed by atoms with van der Waals surface area (Å²) < 4.78 is 25.9. The second-order valence-electron chi connectivity index (χ2n) is 7.76. The quantitative estimate of drug-likeness (QED) is 0.631. The second kappa shape index (κ2) is 10.1. The van der Waals surface area contributed by atoms with Crippen LogP contribution < -0.4 is 14.5 Å². The van der Waals surface area contributed by atoms with Crippen molar-refractivity contribution < 1.29 is 13.2 Å². The molecule has 1 atom stereocenters. The second-order valence-corrected chi connectivity index (χ2v) is 10.5. The number of benzene rings is 2. The monoisotopic (exact) mass is 483 g/mol. The van der Waals surface area contributed by atoms with Gasteiger partial charge in [0.1, 0.15) is 6.04 Å². The minimum atomic E-state index is -3.78. The van der Waals surface area contributed by atoms with Gasteiger partial charge in [0.25, 0.3) is 0 Å². The molecule has 0 radical (unpaired) electrons. The van der Waals surface area contributed by atoms with E-state index in [9.17, 15) is 13.2 Å². The number of nitrogens with zero attached hydrogens (tertiary/aromatic N) is 2. The normalized spacial score (nSPS) is 15.4. The highest BCUT2D eigenvalue weighted by Gasteiger charge is 2.30. The maximum Gasteiger partial charge on any atom is 0.243 e. The molecule has 0 saturated carbocycles. The smallest absolute Gasteiger partial charge is 0.243 e. The van der Waals surface area contributed by atoms with Gasteiger partial charge in [-0.1, -0.05) is 35.3 Å². The van der Waals surface area contributed by atoms with E-state index >= 15 is 0 Å². The topological polar surface area (TPSA) is 69.7 Å². The molecule has 1 amide bonds. The van der Waals surface area contributed by atoms with Gasteiger partial charge in [-0.2, -0.15) is 0 Å². The van der Waals surface area contributed by atoms with Crippen molar-refractivity contribution in [2.45, 2.75) is 38.8 Å². The van der Waals surface area contributed by atoms with Crippen LogP contribution in [0.15, 0.2) is 42.5 Å². The molecule has 1 N–H and O–H groups in total. The van der Waals surface area contributed by atoms with Crippen LogP contribution in [0, 0.1) is 0 Å². The number of piperidine rings is 1. The van der Waals surface area contributed by atoms with Gasteiger partial charge in [0, 0.05) is 30.3 Å². The molecule has 31 heavy (non-hydrogen) atoms. The number of sulfonamides is 1. The lowest BCUT2D eigenvalue weighted by atomic mass is 10.1. The Kier molecular flexibility index (Phi) is 7.73. The van der Waals surface area contributed by atoms with E-state index in [0.29, 0.717) is 11.6 Å². The van der Waals surface area contributed by atoms with E-state index in [1.807, 2.05) is 12.1 Å². The van der Waals surface area contributed by atoms with Crippen molar-refractivity contribution in [3.8, 4) is 0 Å². The number of halogens is 2. The van der Waals surface area contributed by atoms with Crippen LogP contribution in [0.1, 0.15) is 31.7 Å². The minimum Gasteiger partial charge on any atom is -0.372 e. The molecule has 2 aromatic carbocycles. The fourth-order valence-electron chi connectivity index (χ4n) is 3.75. The van der Waals surface area contributed by atoms with E-state index in [-0.39, 0.29) is 10.7 Å². The zero-order chi connectivity index (χ0) is 22.6. The molecule has 9 heteroatoms. The van der Waals surface area contributed by atoms with Crippen molar-refractivity contribution in [2.24, 2.45) is 0 Å². The van der Waals surface area contributed by atoms with Gasteiger partial charge in [-0.05, 0) is 62.1 Å². The van der Waals surface area contributed by atoms with Crippen molar-refractivity contribution in [2.75, 3.05) is 28.6 Å². The summed E-state index contributed by atoms with van der Waals surface area (Å²) in [6.07, 6.45) is 4.74. The number of anilines is 2. The van der Waals surface area contributed by atoms with Crippen LogP contribution >= 0.6 is 23.2 Å². The molecular weight excluding hydrogens is 457 g/mol. The Labute approximate surface area is 194 Å². The van der Waals surface area contributed by atoms with E-state index in [0.717, 1.165) is 29.2 Å². The van der Waals surface area contributed by atoms with E-state index in [2.05, 4.69) is 22.3 Å². The first kappa shape index (κ1) is 23.7. The number of nitrogens with one attached hydrogen (secondary N) is 1. The Bertz CT molecular complexity index is 1020. The molecule has 1 unspecified atom stereocenters. The molecule has 1 saturated heterocycles. The van der Waals surface area contributed by atoms with Gasteiger partial charge in [-0.25, -0.2) is 8.42 Å². The molecule has 0 aliphatic carbocycles. The zero-order valence-electron chi connectivity index (χ0n) is 17.6. The van der Waals surface area contributed by atoms with Crippen molar-refractivity contribution in [1.29, 1.82) is 0 Å². The molecule has 168 valence electrons. The maximum atomic E-state index is 12.8. The van der Waals surface area contributed by atoms with Gasteiger partial charge in [-0.3, -0.25) is 9.10 Å². The van der Waals surface area contributed by atoms with Crippen LogP contribution in [-0.2, 0) is 21.4 Å². The molecule has 2 aromatic rings. The maximum absolute atomic E-state index is 12.8. The van der Waals surface area contributed by atoms with Gasteiger partial charge >= 0.3 is 0 Å². The number of hydrogen-bond donors (Lipinski definition) is 1. The number of hydrogen-bond acceptors (Lipinski definition) is 4. The van der Waals surface area contributed by atoms with Crippen LogP contribution in [-0.4, -0.2) is 39.7 Å². The van der Waals surface area contributed by atoms with Gasteiger partial charge in [0.05, 0.1) is 17.0 Å². The molecule has 1 aliphatic heterocycles.